The molecule has 1 amide bonds. The third-order valence-electron chi connectivity index (χ3n) is 4.88. The van der Waals surface area contributed by atoms with Gasteiger partial charge in [0.15, 0.2) is 0 Å². The summed E-state index contributed by atoms with van der Waals surface area (Å²) in [7, 11) is 0. The number of carbonyl (C=O) groups is 1. The quantitative estimate of drug-likeness (QED) is 0.701. The first-order valence-electron chi connectivity index (χ1n) is 7.96. The monoisotopic (exact) mass is 329 g/mol. The van der Waals surface area contributed by atoms with Crippen molar-refractivity contribution in [3.8, 4) is 0 Å². The van der Waals surface area contributed by atoms with Crippen LogP contribution in [0.15, 0.2) is 0 Å². The van der Waals surface area contributed by atoms with Gasteiger partial charge in [-0.2, -0.15) is 0 Å². The van der Waals surface area contributed by atoms with Gasteiger partial charge >= 0.3 is 0 Å². The molecule has 110 valence electrons. The lowest BCUT2D eigenvalue weighted by molar-refractivity contribution is -0.146. The number of alkyl halides is 1. The fraction of sp³-hybridized carbons (Fsp3) is 0.938. The zero-order valence-electron chi connectivity index (χ0n) is 12.5. The molecule has 1 aliphatic heterocycles. The van der Waals surface area contributed by atoms with Crippen LogP contribution in [0.25, 0.3) is 0 Å². The zero-order valence-corrected chi connectivity index (χ0v) is 14.0. The summed E-state index contributed by atoms with van der Waals surface area (Å²) < 4.78 is 0. The summed E-state index contributed by atoms with van der Waals surface area (Å²) in [6.07, 6.45) is 9.44. The van der Waals surface area contributed by atoms with Crippen LogP contribution < -0.4 is 0 Å². The van der Waals surface area contributed by atoms with Crippen molar-refractivity contribution >= 4 is 21.8 Å². The highest BCUT2D eigenvalue weighted by Crippen LogP contribution is 2.45. The average Bonchev–Trinajstić information content (AvgIpc) is 2.86. The molecular weight excluding hydrogens is 302 g/mol. The van der Waals surface area contributed by atoms with Crippen LogP contribution in [0.1, 0.15) is 65.2 Å². The first-order valence-corrected chi connectivity index (χ1v) is 9.08. The highest BCUT2D eigenvalue weighted by molar-refractivity contribution is 9.09. The Kier molecular flexibility index (Phi) is 5.33. The van der Waals surface area contributed by atoms with E-state index in [0.29, 0.717) is 17.9 Å². The second-order valence-corrected chi connectivity index (χ2v) is 7.54. The molecule has 0 aromatic rings. The summed E-state index contributed by atoms with van der Waals surface area (Å²) in [6.45, 7) is 5.49. The molecule has 2 rings (SSSR count). The Hall–Kier alpha value is -0.0500. The van der Waals surface area contributed by atoms with Crippen molar-refractivity contribution in [1.82, 2.24) is 4.90 Å². The van der Waals surface area contributed by atoms with Crippen LogP contribution in [0, 0.1) is 11.3 Å². The lowest BCUT2D eigenvalue weighted by atomic mass is 9.76. The van der Waals surface area contributed by atoms with Crippen molar-refractivity contribution in [2.45, 2.75) is 71.3 Å². The molecule has 0 bridgehead atoms. The van der Waals surface area contributed by atoms with Crippen molar-refractivity contribution in [3.63, 3.8) is 0 Å². The minimum absolute atomic E-state index is 0.0219. The van der Waals surface area contributed by atoms with Crippen LogP contribution in [0.2, 0.25) is 0 Å². The third kappa shape index (κ3) is 3.34. The number of hydrogen-bond donors (Lipinski definition) is 0. The number of likely N-dealkylation sites (tertiary alicyclic amines) is 1. The van der Waals surface area contributed by atoms with Gasteiger partial charge in [-0.25, -0.2) is 0 Å². The van der Waals surface area contributed by atoms with Crippen LogP contribution in [-0.4, -0.2) is 28.7 Å². The lowest BCUT2D eigenvalue weighted by Crippen LogP contribution is -2.51. The van der Waals surface area contributed by atoms with Crippen LogP contribution in [0.3, 0.4) is 0 Å². The first-order chi connectivity index (χ1) is 9.09. The fourth-order valence-corrected chi connectivity index (χ4v) is 4.74. The van der Waals surface area contributed by atoms with E-state index in [1.54, 1.807) is 0 Å². The maximum absolute atomic E-state index is 13.1. The molecule has 2 fully saturated rings. The van der Waals surface area contributed by atoms with Crippen LogP contribution in [0.4, 0.5) is 0 Å². The normalized spacial score (nSPS) is 26.9. The van der Waals surface area contributed by atoms with E-state index in [-0.39, 0.29) is 5.41 Å². The molecule has 3 heteroatoms. The van der Waals surface area contributed by atoms with Gasteiger partial charge in [0, 0.05) is 23.3 Å². The molecule has 1 saturated heterocycles. The molecule has 0 N–H and O–H groups in total. The summed E-state index contributed by atoms with van der Waals surface area (Å²) in [6, 6.07) is 0.436. The van der Waals surface area contributed by atoms with Gasteiger partial charge in [-0.05, 0) is 44.4 Å². The minimum atomic E-state index is -0.0219. The van der Waals surface area contributed by atoms with E-state index in [4.69, 9.17) is 0 Å². The fourth-order valence-electron chi connectivity index (χ4n) is 4.07. The molecule has 1 aliphatic carbocycles. The summed E-state index contributed by atoms with van der Waals surface area (Å²) >= 11 is 3.60. The van der Waals surface area contributed by atoms with Gasteiger partial charge < -0.3 is 4.90 Å². The molecule has 0 aromatic carbocycles. The van der Waals surface area contributed by atoms with Gasteiger partial charge in [0.2, 0.25) is 5.91 Å². The van der Waals surface area contributed by atoms with E-state index in [2.05, 4.69) is 34.7 Å². The maximum Gasteiger partial charge on any atom is 0.229 e. The van der Waals surface area contributed by atoms with Gasteiger partial charge in [-0.3, -0.25) is 4.79 Å². The van der Waals surface area contributed by atoms with Crippen molar-refractivity contribution in [3.05, 3.63) is 0 Å². The second-order valence-electron chi connectivity index (χ2n) is 6.89. The second kappa shape index (κ2) is 6.60. The van der Waals surface area contributed by atoms with E-state index < -0.39 is 0 Å². The molecule has 1 heterocycles. The molecular formula is C16H28BrNO. The van der Waals surface area contributed by atoms with Crippen molar-refractivity contribution in [1.29, 1.82) is 0 Å². The molecule has 0 spiro atoms. The van der Waals surface area contributed by atoms with Gasteiger partial charge in [-0.15, -0.1) is 0 Å². The average molecular weight is 330 g/mol. The van der Waals surface area contributed by atoms with E-state index >= 15 is 0 Å². The summed E-state index contributed by atoms with van der Waals surface area (Å²) in [5.41, 5.74) is -0.0219. The van der Waals surface area contributed by atoms with E-state index in [9.17, 15) is 4.79 Å². The Bertz CT molecular complexity index is 310. The van der Waals surface area contributed by atoms with E-state index in [0.717, 1.165) is 31.1 Å². The molecule has 1 saturated carbocycles. The first kappa shape index (κ1) is 15.3. The molecule has 0 radical (unpaired) electrons. The summed E-state index contributed by atoms with van der Waals surface area (Å²) in [5.74, 6) is 1.09. The number of hydrogen-bond acceptors (Lipinski definition) is 1. The molecule has 2 aliphatic rings. The van der Waals surface area contributed by atoms with Crippen molar-refractivity contribution in [2.75, 3.05) is 11.9 Å². The Morgan fingerprint density at radius 3 is 2.53 bits per heavy atom. The number of piperidine rings is 1. The molecule has 19 heavy (non-hydrogen) atoms. The van der Waals surface area contributed by atoms with Gasteiger partial charge in [0.1, 0.15) is 0 Å². The standard InChI is InChI=1S/C16H28BrNO/c1-13(2)11-16(8-4-5-9-16)15(19)18-10-6-3-7-14(18)12-17/h13-14H,3-12H2,1-2H3. The van der Waals surface area contributed by atoms with Crippen molar-refractivity contribution in [2.24, 2.45) is 11.3 Å². The lowest BCUT2D eigenvalue weighted by Gasteiger charge is -2.41. The van der Waals surface area contributed by atoms with Gasteiger partial charge in [0.25, 0.3) is 0 Å². The predicted molar refractivity (Wildman–Crippen MR) is 83.5 cm³/mol. The minimum Gasteiger partial charge on any atom is -0.338 e. The SMILES string of the molecule is CC(C)CC1(C(=O)N2CCCCC2CBr)CCCC1. The van der Waals surface area contributed by atoms with Crippen LogP contribution >= 0.6 is 15.9 Å². The molecule has 2 nitrogen and oxygen atoms in total. The van der Waals surface area contributed by atoms with Crippen LogP contribution in [0.5, 0.6) is 0 Å². The van der Waals surface area contributed by atoms with E-state index in [1.165, 1.54) is 32.1 Å². The Labute approximate surface area is 126 Å². The number of amides is 1. The van der Waals surface area contributed by atoms with Crippen LogP contribution in [-0.2, 0) is 4.79 Å². The number of rotatable bonds is 4. The Morgan fingerprint density at radius 2 is 1.95 bits per heavy atom. The number of carbonyl (C=O) groups excluding carboxylic acids is 1. The molecule has 1 unspecified atom stereocenters. The highest BCUT2D eigenvalue weighted by atomic mass is 79.9. The Balaban J connectivity index is 2.14. The predicted octanol–water partition coefficient (Wildman–Crippen LogP) is 4.37. The molecule has 1 atom stereocenters. The molecule has 0 aromatic heterocycles. The maximum atomic E-state index is 13.1. The van der Waals surface area contributed by atoms with Gasteiger partial charge in [-0.1, -0.05) is 42.6 Å². The van der Waals surface area contributed by atoms with Gasteiger partial charge in [0.05, 0.1) is 0 Å². The zero-order chi connectivity index (χ0) is 13.9. The topological polar surface area (TPSA) is 20.3 Å². The largest absolute Gasteiger partial charge is 0.338 e. The highest BCUT2D eigenvalue weighted by Gasteiger charge is 2.45. The number of halogens is 1. The van der Waals surface area contributed by atoms with Crippen molar-refractivity contribution < 1.29 is 4.79 Å². The summed E-state index contributed by atoms with van der Waals surface area (Å²) in [5, 5.41) is 0.941. The summed E-state index contributed by atoms with van der Waals surface area (Å²) in [4.78, 5) is 15.3. The Morgan fingerprint density at radius 1 is 1.26 bits per heavy atom. The smallest absolute Gasteiger partial charge is 0.229 e. The van der Waals surface area contributed by atoms with E-state index in [1.807, 2.05) is 0 Å². The number of nitrogens with zero attached hydrogens (tertiary/aromatic N) is 1. The third-order valence-corrected chi connectivity index (χ3v) is 5.63.